The van der Waals surface area contributed by atoms with Crippen LogP contribution in [-0.2, 0) is 6.54 Å². The molecule has 0 saturated heterocycles. The van der Waals surface area contributed by atoms with Crippen molar-refractivity contribution in [1.29, 1.82) is 0 Å². The van der Waals surface area contributed by atoms with E-state index in [1.54, 1.807) is 50.4 Å². The lowest BCUT2D eigenvalue weighted by Crippen LogP contribution is -1.97. The van der Waals surface area contributed by atoms with Gasteiger partial charge < -0.3 is 14.2 Å². The van der Waals surface area contributed by atoms with E-state index in [-0.39, 0.29) is 5.78 Å². The predicted molar refractivity (Wildman–Crippen MR) is 92.1 cm³/mol. The Morgan fingerprint density at radius 2 is 1.75 bits per heavy atom. The van der Waals surface area contributed by atoms with E-state index >= 15 is 0 Å². The second-order valence-corrected chi connectivity index (χ2v) is 5.13. The van der Waals surface area contributed by atoms with E-state index < -0.39 is 0 Å². The van der Waals surface area contributed by atoms with Crippen molar-refractivity contribution in [3.63, 3.8) is 0 Å². The summed E-state index contributed by atoms with van der Waals surface area (Å²) >= 11 is 0. The fourth-order valence-electron chi connectivity index (χ4n) is 2.36. The number of ketones is 1. The van der Waals surface area contributed by atoms with Crippen molar-refractivity contribution >= 4 is 11.9 Å². The fraction of sp³-hybridized carbons (Fsp3) is 0.333. The Morgan fingerprint density at radius 1 is 1.12 bits per heavy atom. The van der Waals surface area contributed by atoms with E-state index in [1.807, 2.05) is 13.8 Å². The molecule has 0 aliphatic heterocycles. The van der Waals surface area contributed by atoms with Crippen LogP contribution < -0.4 is 14.2 Å². The Bertz CT molecular complexity index is 763. The molecule has 24 heavy (non-hydrogen) atoms. The molecule has 0 amide bonds. The third-order valence-electron chi connectivity index (χ3n) is 3.69. The fourth-order valence-corrected chi connectivity index (χ4v) is 2.36. The molecule has 0 aliphatic carbocycles. The van der Waals surface area contributed by atoms with Crippen LogP contribution in [0.15, 0.2) is 24.4 Å². The average molecular weight is 330 g/mol. The second kappa shape index (κ2) is 7.68. The largest absolute Gasteiger partial charge is 0.496 e. The molecule has 6 heteroatoms. The first-order valence-corrected chi connectivity index (χ1v) is 7.60. The number of aryl methyl sites for hydroxylation is 2. The van der Waals surface area contributed by atoms with Gasteiger partial charge in [0.15, 0.2) is 17.3 Å². The molecule has 2 aromatic rings. The lowest BCUT2D eigenvalue weighted by Gasteiger charge is -2.12. The quantitative estimate of drug-likeness (QED) is 0.576. The molecule has 6 nitrogen and oxygen atoms in total. The minimum atomic E-state index is -0.107. The van der Waals surface area contributed by atoms with Gasteiger partial charge in [0, 0.05) is 24.4 Å². The highest BCUT2D eigenvalue weighted by Crippen LogP contribution is 2.35. The van der Waals surface area contributed by atoms with Gasteiger partial charge in [-0.15, -0.1) is 0 Å². The van der Waals surface area contributed by atoms with Crippen molar-refractivity contribution in [3.05, 3.63) is 41.2 Å². The number of hydrogen-bond acceptors (Lipinski definition) is 5. The summed E-state index contributed by atoms with van der Waals surface area (Å²) in [6.07, 6.45) is 4.97. The van der Waals surface area contributed by atoms with E-state index in [2.05, 4.69) is 5.10 Å². The summed E-state index contributed by atoms with van der Waals surface area (Å²) < 4.78 is 17.6. The Labute approximate surface area is 141 Å². The predicted octanol–water partition coefficient (Wildman–Crippen LogP) is 3.13. The highest BCUT2D eigenvalue weighted by Gasteiger charge is 2.13. The van der Waals surface area contributed by atoms with E-state index in [1.165, 1.54) is 6.08 Å². The Kier molecular flexibility index (Phi) is 5.63. The molecule has 1 aromatic heterocycles. The number of carbonyl (C=O) groups excluding carboxylic acids is 1. The van der Waals surface area contributed by atoms with Crippen LogP contribution in [0.4, 0.5) is 0 Å². The van der Waals surface area contributed by atoms with Crippen LogP contribution >= 0.6 is 0 Å². The smallest absolute Gasteiger partial charge is 0.189 e. The maximum Gasteiger partial charge on any atom is 0.189 e. The van der Waals surface area contributed by atoms with Crippen LogP contribution in [0.3, 0.4) is 0 Å². The third kappa shape index (κ3) is 3.59. The number of benzene rings is 1. The molecule has 2 rings (SSSR count). The normalized spacial score (nSPS) is 10.9. The Morgan fingerprint density at radius 3 is 2.29 bits per heavy atom. The van der Waals surface area contributed by atoms with Gasteiger partial charge in [-0.1, -0.05) is 0 Å². The minimum Gasteiger partial charge on any atom is -0.496 e. The first kappa shape index (κ1) is 17.6. The maximum absolute atomic E-state index is 12.4. The molecule has 0 bridgehead atoms. The molecular weight excluding hydrogens is 308 g/mol. The zero-order chi connectivity index (χ0) is 17.7. The van der Waals surface area contributed by atoms with Gasteiger partial charge in [-0.3, -0.25) is 9.48 Å². The van der Waals surface area contributed by atoms with Gasteiger partial charge in [-0.25, -0.2) is 0 Å². The minimum absolute atomic E-state index is 0.107. The molecule has 0 radical (unpaired) electrons. The molecule has 0 aliphatic rings. The zero-order valence-corrected chi connectivity index (χ0v) is 14.6. The van der Waals surface area contributed by atoms with Crippen molar-refractivity contribution in [3.8, 4) is 17.2 Å². The lowest BCUT2D eigenvalue weighted by molar-refractivity contribution is 0.104. The molecule has 1 aromatic carbocycles. The van der Waals surface area contributed by atoms with Crippen molar-refractivity contribution < 1.29 is 19.0 Å². The molecule has 0 saturated carbocycles. The first-order valence-electron chi connectivity index (χ1n) is 7.60. The van der Waals surface area contributed by atoms with Gasteiger partial charge in [0.05, 0.1) is 32.6 Å². The number of ether oxygens (including phenoxy) is 3. The molecule has 0 fully saturated rings. The molecule has 0 N–H and O–H groups in total. The molecule has 0 unspecified atom stereocenters. The van der Waals surface area contributed by atoms with Gasteiger partial charge >= 0.3 is 0 Å². The third-order valence-corrected chi connectivity index (χ3v) is 3.69. The van der Waals surface area contributed by atoms with Crippen molar-refractivity contribution in [2.45, 2.75) is 20.4 Å². The molecular formula is C18H22N2O4. The van der Waals surface area contributed by atoms with Crippen LogP contribution in [0, 0.1) is 6.92 Å². The van der Waals surface area contributed by atoms with Crippen LogP contribution in [-0.4, -0.2) is 36.9 Å². The summed E-state index contributed by atoms with van der Waals surface area (Å²) in [5.74, 6) is 1.62. The van der Waals surface area contributed by atoms with E-state index in [9.17, 15) is 4.79 Å². The SMILES string of the molecule is CCn1cc(C(=O)/C=C/c2cc(OC)c(OC)cc2OC)c(C)n1. The standard InChI is InChI=1S/C18H22N2O4/c1-6-20-11-14(12(2)19-20)15(21)8-7-13-9-17(23-4)18(24-5)10-16(13)22-3/h7-11H,6H2,1-5H3/b8-7+. The van der Waals surface area contributed by atoms with Gasteiger partial charge in [-0.05, 0) is 32.1 Å². The number of hydrogen-bond donors (Lipinski definition) is 0. The summed E-state index contributed by atoms with van der Waals surface area (Å²) in [7, 11) is 4.69. The van der Waals surface area contributed by atoms with E-state index in [0.717, 1.165) is 12.1 Å². The van der Waals surface area contributed by atoms with Crippen molar-refractivity contribution in [1.82, 2.24) is 9.78 Å². The average Bonchev–Trinajstić information content (AvgIpc) is 2.99. The Hall–Kier alpha value is -2.76. The van der Waals surface area contributed by atoms with Gasteiger partial charge in [-0.2, -0.15) is 5.10 Å². The molecule has 128 valence electrons. The van der Waals surface area contributed by atoms with Crippen LogP contribution in [0.1, 0.15) is 28.5 Å². The van der Waals surface area contributed by atoms with E-state index in [4.69, 9.17) is 14.2 Å². The molecule has 1 heterocycles. The van der Waals surface area contributed by atoms with E-state index in [0.29, 0.717) is 28.5 Å². The summed E-state index contributed by atoms with van der Waals surface area (Å²) in [6, 6.07) is 3.49. The lowest BCUT2D eigenvalue weighted by atomic mass is 10.1. The second-order valence-electron chi connectivity index (χ2n) is 5.13. The van der Waals surface area contributed by atoms with Crippen molar-refractivity contribution in [2.24, 2.45) is 0 Å². The topological polar surface area (TPSA) is 62.6 Å². The van der Waals surface area contributed by atoms with Gasteiger partial charge in [0.2, 0.25) is 0 Å². The number of aromatic nitrogens is 2. The van der Waals surface area contributed by atoms with Gasteiger partial charge in [0.25, 0.3) is 0 Å². The molecule has 0 spiro atoms. The summed E-state index contributed by atoms with van der Waals surface area (Å²) in [4.78, 5) is 12.4. The highest BCUT2D eigenvalue weighted by atomic mass is 16.5. The number of rotatable bonds is 7. The number of methoxy groups -OCH3 is 3. The Balaban J connectivity index is 2.33. The van der Waals surface area contributed by atoms with Crippen LogP contribution in [0.25, 0.3) is 6.08 Å². The zero-order valence-electron chi connectivity index (χ0n) is 14.6. The van der Waals surface area contributed by atoms with Crippen LogP contribution in [0.5, 0.6) is 17.2 Å². The van der Waals surface area contributed by atoms with Crippen LogP contribution in [0.2, 0.25) is 0 Å². The maximum atomic E-state index is 12.4. The number of allylic oxidation sites excluding steroid dienone is 1. The molecule has 0 atom stereocenters. The number of carbonyl (C=O) groups is 1. The summed E-state index contributed by atoms with van der Waals surface area (Å²) in [5.41, 5.74) is 2.03. The van der Waals surface area contributed by atoms with Gasteiger partial charge in [0.1, 0.15) is 5.75 Å². The summed E-state index contributed by atoms with van der Waals surface area (Å²) in [6.45, 7) is 4.52. The highest BCUT2D eigenvalue weighted by molar-refractivity contribution is 6.07. The number of nitrogens with zero attached hydrogens (tertiary/aromatic N) is 2. The monoisotopic (exact) mass is 330 g/mol. The summed E-state index contributed by atoms with van der Waals surface area (Å²) in [5, 5.41) is 4.29. The first-order chi connectivity index (χ1) is 11.5. The van der Waals surface area contributed by atoms with Crippen molar-refractivity contribution in [2.75, 3.05) is 21.3 Å².